The van der Waals surface area contributed by atoms with Crippen LogP contribution < -0.4 is 15.4 Å². The van der Waals surface area contributed by atoms with Crippen LogP contribution in [0.3, 0.4) is 0 Å². The molecule has 0 radical (unpaired) electrons. The molecule has 2 heterocycles. The minimum absolute atomic E-state index is 0.0129. The topological polar surface area (TPSA) is 117 Å². The van der Waals surface area contributed by atoms with Crippen LogP contribution in [-0.4, -0.2) is 24.8 Å². The number of carbonyl (C=O) groups excluding carboxylic acids is 1. The Labute approximate surface area is 168 Å². The van der Waals surface area contributed by atoms with Crippen LogP contribution in [0.5, 0.6) is 5.88 Å². The number of allylic oxidation sites excluding steroid dienone is 1. The molecule has 0 saturated heterocycles. The molecule has 29 heavy (non-hydrogen) atoms. The number of sulfone groups is 1. The molecule has 0 aliphatic carbocycles. The van der Waals surface area contributed by atoms with Crippen molar-refractivity contribution in [2.75, 3.05) is 0 Å². The van der Waals surface area contributed by atoms with Crippen molar-refractivity contribution in [1.82, 2.24) is 4.98 Å². The molecule has 0 unspecified atom stereocenters. The van der Waals surface area contributed by atoms with Gasteiger partial charge in [0.15, 0.2) is 0 Å². The van der Waals surface area contributed by atoms with Crippen LogP contribution >= 0.6 is 11.3 Å². The van der Waals surface area contributed by atoms with E-state index in [1.165, 1.54) is 18.2 Å². The van der Waals surface area contributed by atoms with Gasteiger partial charge in [-0.1, -0.05) is 29.0 Å². The highest BCUT2D eigenvalue weighted by molar-refractivity contribution is 8.01. The Kier molecular flexibility index (Phi) is 4.56. The summed E-state index contributed by atoms with van der Waals surface area (Å²) < 4.78 is 26.9. The van der Waals surface area contributed by atoms with Gasteiger partial charge in [-0.2, -0.15) is 0 Å². The molecule has 9 heteroatoms. The van der Waals surface area contributed by atoms with Gasteiger partial charge < -0.3 is 5.11 Å². The average molecular weight is 426 g/mol. The van der Waals surface area contributed by atoms with Crippen molar-refractivity contribution in [1.29, 1.82) is 0 Å². The summed E-state index contributed by atoms with van der Waals surface area (Å²) in [4.78, 5) is 28.4. The number of H-pyrrole nitrogens is 1. The van der Waals surface area contributed by atoms with E-state index in [0.717, 1.165) is 5.56 Å². The highest BCUT2D eigenvalue weighted by atomic mass is 32.2. The summed E-state index contributed by atoms with van der Waals surface area (Å²) in [6.07, 6.45) is 2.20. The summed E-state index contributed by atoms with van der Waals surface area (Å²) in [5, 5.41) is 11.2. The van der Waals surface area contributed by atoms with Crippen molar-refractivity contribution < 1.29 is 18.3 Å². The number of carbonyl (C=O) groups is 1. The normalized spacial score (nSPS) is 14.7. The first-order valence-corrected chi connectivity index (χ1v) is 10.7. The third-order valence-electron chi connectivity index (χ3n) is 4.39. The molecule has 0 amide bonds. The smallest absolute Gasteiger partial charge is 0.307 e. The first-order chi connectivity index (χ1) is 13.8. The van der Waals surface area contributed by atoms with Crippen molar-refractivity contribution in [2.24, 2.45) is 4.99 Å². The Morgan fingerprint density at radius 2 is 1.90 bits per heavy atom. The molecule has 0 bridgehead atoms. The number of aromatic hydroxyl groups is 1. The van der Waals surface area contributed by atoms with Gasteiger partial charge in [-0.15, -0.1) is 0 Å². The van der Waals surface area contributed by atoms with Crippen molar-refractivity contribution in [3.05, 3.63) is 84.4 Å². The van der Waals surface area contributed by atoms with E-state index in [0.29, 0.717) is 33.8 Å². The molecular formula is C20H14N2O5S2. The van der Waals surface area contributed by atoms with Gasteiger partial charge in [0.2, 0.25) is 15.7 Å². The summed E-state index contributed by atoms with van der Waals surface area (Å²) in [5.74, 6) is -0.536. The first kappa shape index (κ1) is 19.0. The molecule has 146 valence electrons. The van der Waals surface area contributed by atoms with Crippen LogP contribution in [0.2, 0.25) is 0 Å². The van der Waals surface area contributed by atoms with Crippen LogP contribution in [0.1, 0.15) is 20.8 Å². The van der Waals surface area contributed by atoms with Gasteiger partial charge in [0, 0.05) is 10.8 Å². The Morgan fingerprint density at radius 1 is 1.17 bits per heavy atom. The summed E-state index contributed by atoms with van der Waals surface area (Å²) in [6, 6.07) is 11.0. The zero-order chi connectivity index (χ0) is 20.8. The Balaban J connectivity index is 2.05. The number of rotatable bonds is 4. The molecule has 0 saturated carbocycles. The summed E-state index contributed by atoms with van der Waals surface area (Å²) >= 11 is 0.586. The number of fused-ring (bicyclic) bond motifs is 1. The summed E-state index contributed by atoms with van der Waals surface area (Å²) in [6.45, 7) is 1.83. The molecule has 0 fully saturated rings. The fourth-order valence-corrected chi connectivity index (χ4v) is 5.56. The average Bonchev–Trinajstić information content (AvgIpc) is 3.23. The number of nitrogens with one attached hydrogen (secondary N) is 1. The van der Waals surface area contributed by atoms with Gasteiger partial charge in [0.05, 0.1) is 15.9 Å². The predicted octanol–water partition coefficient (Wildman–Crippen LogP) is 1.52. The molecule has 0 atom stereocenters. The first-order valence-electron chi connectivity index (χ1n) is 8.44. The van der Waals surface area contributed by atoms with Gasteiger partial charge >= 0.3 is 4.87 Å². The van der Waals surface area contributed by atoms with Gasteiger partial charge in [-0.3, -0.25) is 14.6 Å². The van der Waals surface area contributed by atoms with Crippen LogP contribution in [0.25, 0.3) is 11.0 Å². The number of aromatic nitrogens is 1. The fourth-order valence-electron chi connectivity index (χ4n) is 2.97. The zero-order valence-corrected chi connectivity index (χ0v) is 16.7. The SMILES string of the molecule is Cc1ccc(S(=O)(=O)C(=C2C=c3cc(C=O)ccc3=N2)c2sc(=O)[nH]c2O)cc1. The standard InChI is InChI=1S/C20H14N2O5S2/c1-11-2-5-14(6-3-11)29(26,27)18(17-19(24)22-20(25)28-17)16-9-13-8-12(10-23)4-7-15(13)21-16/h2-10,24H,1H3,(H,22,25). The van der Waals surface area contributed by atoms with Gasteiger partial charge in [-0.05, 0) is 43.3 Å². The molecule has 1 aliphatic rings. The molecule has 1 aliphatic heterocycles. The number of aromatic amines is 1. The van der Waals surface area contributed by atoms with E-state index in [-0.39, 0.29) is 20.4 Å². The number of hydrogen-bond acceptors (Lipinski definition) is 7. The van der Waals surface area contributed by atoms with Crippen LogP contribution in [-0.2, 0) is 9.84 Å². The van der Waals surface area contributed by atoms with Crippen molar-refractivity contribution in [3.63, 3.8) is 0 Å². The second-order valence-electron chi connectivity index (χ2n) is 6.42. The summed E-state index contributed by atoms with van der Waals surface area (Å²) in [5.41, 5.74) is 1.39. The number of thiazole rings is 1. The molecule has 7 nitrogen and oxygen atoms in total. The minimum Gasteiger partial charge on any atom is -0.493 e. The number of benzene rings is 2. The Hall–Kier alpha value is -3.30. The van der Waals surface area contributed by atoms with Gasteiger partial charge in [0.25, 0.3) is 0 Å². The highest BCUT2D eigenvalue weighted by Crippen LogP contribution is 2.37. The maximum atomic E-state index is 13.5. The second-order valence-corrected chi connectivity index (χ2v) is 9.29. The van der Waals surface area contributed by atoms with E-state index in [2.05, 4.69) is 9.98 Å². The molecule has 4 rings (SSSR count). The van der Waals surface area contributed by atoms with Crippen molar-refractivity contribution in [3.8, 4) is 5.88 Å². The van der Waals surface area contributed by atoms with Crippen LogP contribution in [0.4, 0.5) is 0 Å². The maximum Gasteiger partial charge on any atom is 0.307 e. The lowest BCUT2D eigenvalue weighted by atomic mass is 10.2. The van der Waals surface area contributed by atoms with E-state index in [1.54, 1.807) is 30.3 Å². The van der Waals surface area contributed by atoms with E-state index >= 15 is 0 Å². The third-order valence-corrected chi connectivity index (χ3v) is 7.25. The van der Waals surface area contributed by atoms with E-state index in [9.17, 15) is 23.1 Å². The molecule has 0 spiro atoms. The number of hydrogen-bond donors (Lipinski definition) is 2. The Morgan fingerprint density at radius 3 is 2.52 bits per heavy atom. The van der Waals surface area contributed by atoms with E-state index < -0.39 is 20.6 Å². The van der Waals surface area contributed by atoms with E-state index in [4.69, 9.17) is 0 Å². The highest BCUT2D eigenvalue weighted by Gasteiger charge is 2.30. The maximum absolute atomic E-state index is 13.5. The molecule has 2 aromatic carbocycles. The minimum atomic E-state index is -4.12. The van der Waals surface area contributed by atoms with Gasteiger partial charge in [-0.25, -0.2) is 13.4 Å². The lowest BCUT2D eigenvalue weighted by Gasteiger charge is -2.10. The lowest BCUT2D eigenvalue weighted by molar-refractivity contribution is 0.112. The third kappa shape index (κ3) is 3.34. The lowest BCUT2D eigenvalue weighted by Crippen LogP contribution is -2.21. The van der Waals surface area contributed by atoms with Crippen LogP contribution in [0.15, 0.2) is 62.8 Å². The fraction of sp³-hybridized carbons (Fsp3) is 0.0500. The number of aldehydes is 1. The number of aryl methyl sites for hydroxylation is 1. The van der Waals surface area contributed by atoms with Crippen LogP contribution in [0, 0.1) is 6.92 Å². The van der Waals surface area contributed by atoms with E-state index in [1.807, 2.05) is 6.92 Å². The zero-order valence-electron chi connectivity index (χ0n) is 15.0. The summed E-state index contributed by atoms with van der Waals surface area (Å²) in [7, 11) is -4.12. The number of nitrogens with zero attached hydrogens (tertiary/aromatic N) is 1. The quantitative estimate of drug-likeness (QED) is 0.614. The molecular weight excluding hydrogens is 412 g/mol. The molecule has 2 N–H and O–H groups in total. The monoisotopic (exact) mass is 426 g/mol. The molecule has 1 aromatic heterocycles. The Bertz CT molecular complexity index is 1460. The predicted molar refractivity (Wildman–Crippen MR) is 109 cm³/mol. The second kappa shape index (κ2) is 6.94. The van der Waals surface area contributed by atoms with Crippen molar-refractivity contribution >= 4 is 38.4 Å². The van der Waals surface area contributed by atoms with Crippen molar-refractivity contribution in [2.45, 2.75) is 11.8 Å². The molecule has 3 aromatic rings. The van der Waals surface area contributed by atoms with Gasteiger partial charge in [0.1, 0.15) is 16.1 Å². The largest absolute Gasteiger partial charge is 0.493 e.